The first-order valence-electron chi connectivity index (χ1n) is 5.39. The molecule has 3 unspecified atom stereocenters. The Hall–Kier alpha value is -0.590. The minimum absolute atomic E-state index is 0.278. The summed E-state index contributed by atoms with van der Waals surface area (Å²) < 4.78 is 0. The summed E-state index contributed by atoms with van der Waals surface area (Å²) in [5, 5.41) is 17.8. The lowest BCUT2D eigenvalue weighted by Gasteiger charge is -2.38. The predicted molar refractivity (Wildman–Crippen MR) is 55.6 cm³/mol. The van der Waals surface area contributed by atoms with Crippen LogP contribution in [0.5, 0.6) is 0 Å². The zero-order valence-electron chi connectivity index (χ0n) is 9.11. The maximum Gasteiger partial charge on any atom is 0.0638 e. The van der Waals surface area contributed by atoms with E-state index in [1.165, 1.54) is 0 Å². The predicted octanol–water partition coefficient (Wildman–Crippen LogP) is 1.24. The van der Waals surface area contributed by atoms with Gasteiger partial charge in [0, 0.05) is 25.7 Å². The molecule has 80 valence electrons. The molecule has 3 atom stereocenters. The van der Waals surface area contributed by atoms with E-state index in [4.69, 9.17) is 10.4 Å². The lowest BCUT2D eigenvalue weighted by atomic mass is 9.90. The van der Waals surface area contributed by atoms with E-state index in [0.29, 0.717) is 24.3 Å². The van der Waals surface area contributed by atoms with Gasteiger partial charge in [-0.2, -0.15) is 5.26 Å². The summed E-state index contributed by atoms with van der Waals surface area (Å²) >= 11 is 0. The Balaban J connectivity index is 2.48. The number of aliphatic hydroxyl groups is 1. The van der Waals surface area contributed by atoms with Crippen molar-refractivity contribution in [3.05, 3.63) is 0 Å². The van der Waals surface area contributed by atoms with Crippen LogP contribution in [0.2, 0.25) is 0 Å². The smallest absolute Gasteiger partial charge is 0.0638 e. The molecule has 0 aromatic rings. The molecule has 0 aliphatic carbocycles. The van der Waals surface area contributed by atoms with E-state index in [1.807, 2.05) is 0 Å². The molecule has 0 aromatic heterocycles. The molecule has 14 heavy (non-hydrogen) atoms. The zero-order chi connectivity index (χ0) is 10.6. The van der Waals surface area contributed by atoms with E-state index >= 15 is 0 Å². The van der Waals surface area contributed by atoms with Crippen LogP contribution in [0, 0.1) is 23.2 Å². The Morgan fingerprint density at radius 2 is 2.29 bits per heavy atom. The maximum absolute atomic E-state index is 9.15. The van der Waals surface area contributed by atoms with Crippen LogP contribution in [0.4, 0.5) is 0 Å². The molecule has 1 saturated heterocycles. The molecule has 1 N–H and O–H groups in total. The number of hydrogen-bond acceptors (Lipinski definition) is 3. The van der Waals surface area contributed by atoms with Crippen molar-refractivity contribution < 1.29 is 5.11 Å². The van der Waals surface area contributed by atoms with Gasteiger partial charge in [-0.1, -0.05) is 6.92 Å². The van der Waals surface area contributed by atoms with Crippen LogP contribution < -0.4 is 0 Å². The Morgan fingerprint density at radius 1 is 1.57 bits per heavy atom. The van der Waals surface area contributed by atoms with Crippen LogP contribution in [-0.4, -0.2) is 35.7 Å². The second-order valence-electron chi connectivity index (χ2n) is 4.55. The van der Waals surface area contributed by atoms with Gasteiger partial charge in [0.05, 0.1) is 12.5 Å². The molecule has 3 heteroatoms. The van der Waals surface area contributed by atoms with E-state index in [1.54, 1.807) is 0 Å². The largest absolute Gasteiger partial charge is 0.396 e. The van der Waals surface area contributed by atoms with Gasteiger partial charge in [-0.3, -0.25) is 4.90 Å². The third-order valence-corrected chi connectivity index (χ3v) is 3.04. The summed E-state index contributed by atoms with van der Waals surface area (Å²) in [7, 11) is 0. The van der Waals surface area contributed by atoms with Crippen LogP contribution >= 0.6 is 0 Å². The number of likely N-dealkylation sites (tertiary alicyclic amines) is 1. The molecule has 0 aromatic carbocycles. The highest BCUT2D eigenvalue weighted by Crippen LogP contribution is 2.23. The lowest BCUT2D eigenvalue weighted by molar-refractivity contribution is 0.0665. The van der Waals surface area contributed by atoms with E-state index in [2.05, 4.69) is 24.8 Å². The summed E-state index contributed by atoms with van der Waals surface area (Å²) in [6.45, 7) is 6.60. The summed E-state index contributed by atoms with van der Waals surface area (Å²) in [5.41, 5.74) is 0. The van der Waals surface area contributed by atoms with E-state index < -0.39 is 0 Å². The Bertz CT molecular complexity index is 212. The normalized spacial score (nSPS) is 31.0. The van der Waals surface area contributed by atoms with Gasteiger partial charge in [0.1, 0.15) is 0 Å². The number of nitrogens with zero attached hydrogens (tertiary/aromatic N) is 2. The minimum Gasteiger partial charge on any atom is -0.396 e. The highest BCUT2D eigenvalue weighted by molar-refractivity contribution is 4.85. The van der Waals surface area contributed by atoms with Crippen LogP contribution in [0.15, 0.2) is 0 Å². The van der Waals surface area contributed by atoms with Crippen LogP contribution in [0.25, 0.3) is 0 Å². The molecule has 3 nitrogen and oxygen atoms in total. The average Bonchev–Trinajstić information content (AvgIpc) is 2.17. The van der Waals surface area contributed by atoms with Gasteiger partial charge in [-0.15, -0.1) is 0 Å². The molecule has 1 fully saturated rings. The fourth-order valence-electron chi connectivity index (χ4n) is 2.28. The number of aliphatic hydroxyl groups excluding tert-OH is 1. The topological polar surface area (TPSA) is 47.3 Å². The van der Waals surface area contributed by atoms with Gasteiger partial charge in [0.15, 0.2) is 0 Å². The van der Waals surface area contributed by atoms with Gasteiger partial charge in [-0.05, 0) is 25.2 Å². The fourth-order valence-corrected chi connectivity index (χ4v) is 2.28. The number of hydrogen-bond donors (Lipinski definition) is 1. The van der Waals surface area contributed by atoms with E-state index in [-0.39, 0.29) is 6.61 Å². The Kier molecular flexibility index (Phi) is 4.37. The molecule has 0 saturated carbocycles. The van der Waals surface area contributed by atoms with Gasteiger partial charge in [0.2, 0.25) is 0 Å². The number of nitriles is 1. The molecular weight excluding hydrogens is 176 g/mol. The van der Waals surface area contributed by atoms with E-state index in [9.17, 15) is 0 Å². The third kappa shape index (κ3) is 2.97. The second kappa shape index (κ2) is 5.33. The van der Waals surface area contributed by atoms with Crippen molar-refractivity contribution in [1.82, 2.24) is 4.90 Å². The van der Waals surface area contributed by atoms with Crippen molar-refractivity contribution in [2.75, 3.05) is 19.7 Å². The van der Waals surface area contributed by atoms with Gasteiger partial charge in [-0.25, -0.2) is 0 Å². The summed E-state index contributed by atoms with van der Waals surface area (Å²) in [4.78, 5) is 2.33. The first kappa shape index (κ1) is 11.5. The molecular formula is C11H20N2O. The molecule has 1 rings (SSSR count). The number of rotatable bonds is 3. The summed E-state index contributed by atoms with van der Waals surface area (Å²) in [6, 6.07) is 2.54. The van der Waals surface area contributed by atoms with E-state index in [0.717, 1.165) is 19.5 Å². The first-order chi connectivity index (χ1) is 6.67. The maximum atomic E-state index is 9.15. The van der Waals surface area contributed by atoms with Crippen molar-refractivity contribution in [2.45, 2.75) is 32.7 Å². The zero-order valence-corrected chi connectivity index (χ0v) is 9.11. The Morgan fingerprint density at radius 3 is 2.86 bits per heavy atom. The summed E-state index contributed by atoms with van der Waals surface area (Å²) in [5.74, 6) is 1.04. The lowest BCUT2D eigenvalue weighted by Crippen LogP contribution is -2.45. The molecule has 0 radical (unpaired) electrons. The first-order valence-corrected chi connectivity index (χ1v) is 5.39. The van der Waals surface area contributed by atoms with Crippen LogP contribution in [0.1, 0.15) is 26.7 Å². The molecule has 1 heterocycles. The van der Waals surface area contributed by atoms with Crippen molar-refractivity contribution in [1.29, 1.82) is 5.26 Å². The van der Waals surface area contributed by atoms with Crippen LogP contribution in [-0.2, 0) is 0 Å². The molecule has 1 aliphatic rings. The molecule has 0 bridgehead atoms. The molecule has 0 amide bonds. The third-order valence-electron chi connectivity index (χ3n) is 3.04. The van der Waals surface area contributed by atoms with Crippen LogP contribution in [0.3, 0.4) is 0 Å². The summed E-state index contributed by atoms with van der Waals surface area (Å²) in [6.07, 6.45) is 1.71. The highest BCUT2D eigenvalue weighted by Gasteiger charge is 2.26. The van der Waals surface area contributed by atoms with Crippen molar-refractivity contribution in [3.8, 4) is 6.07 Å². The average molecular weight is 196 g/mol. The monoisotopic (exact) mass is 196 g/mol. The highest BCUT2D eigenvalue weighted by atomic mass is 16.3. The molecule has 1 aliphatic heterocycles. The van der Waals surface area contributed by atoms with Gasteiger partial charge in [0.25, 0.3) is 0 Å². The quantitative estimate of drug-likeness (QED) is 0.738. The number of piperidine rings is 1. The fraction of sp³-hybridized carbons (Fsp3) is 0.909. The second-order valence-corrected chi connectivity index (χ2v) is 4.55. The Labute approximate surface area is 86.3 Å². The molecule has 0 spiro atoms. The van der Waals surface area contributed by atoms with Crippen molar-refractivity contribution in [3.63, 3.8) is 0 Å². The SMILES string of the molecule is CC1CC(CO)CN(C(C)CC#N)C1. The van der Waals surface area contributed by atoms with Gasteiger partial charge < -0.3 is 5.11 Å². The van der Waals surface area contributed by atoms with Gasteiger partial charge >= 0.3 is 0 Å². The van der Waals surface area contributed by atoms with Crippen molar-refractivity contribution in [2.24, 2.45) is 11.8 Å². The van der Waals surface area contributed by atoms with Crippen molar-refractivity contribution >= 4 is 0 Å². The minimum atomic E-state index is 0.278. The standard InChI is InChI=1S/C11H20N2O/c1-9-5-11(8-14)7-13(6-9)10(2)3-4-12/h9-11,14H,3,5-8H2,1-2H3.